The fourth-order valence-corrected chi connectivity index (χ4v) is 2.23. The van der Waals surface area contributed by atoms with Crippen LogP contribution in [-0.2, 0) is 4.79 Å². The molecule has 3 aromatic carbocycles. The second-order valence-corrected chi connectivity index (χ2v) is 5.42. The number of ether oxygens (including phenoxy) is 2. The lowest BCUT2D eigenvalue weighted by Gasteiger charge is -2.09. The number of nitrogens with zero attached hydrogens (tertiary/aromatic N) is 1. The van der Waals surface area contributed by atoms with Crippen LogP contribution >= 0.6 is 0 Å². The molecule has 0 bridgehead atoms. The summed E-state index contributed by atoms with van der Waals surface area (Å²) in [7, 11) is 0. The number of anilines is 1. The largest absolute Gasteiger partial charge is 0.484 e. The van der Waals surface area contributed by atoms with Gasteiger partial charge in [0.1, 0.15) is 17.2 Å². The third-order valence-corrected chi connectivity index (χ3v) is 3.45. The summed E-state index contributed by atoms with van der Waals surface area (Å²) >= 11 is 0. The van der Waals surface area contributed by atoms with E-state index in [9.17, 15) is 4.79 Å². The van der Waals surface area contributed by atoms with Gasteiger partial charge in [-0.2, -0.15) is 5.26 Å². The molecule has 0 heterocycles. The van der Waals surface area contributed by atoms with Gasteiger partial charge in [-0.05, 0) is 54.6 Å². The van der Waals surface area contributed by atoms with E-state index in [1.54, 1.807) is 48.5 Å². The topological polar surface area (TPSA) is 71.3 Å². The Labute approximate surface area is 151 Å². The van der Waals surface area contributed by atoms with Gasteiger partial charge in [0.05, 0.1) is 11.6 Å². The third kappa shape index (κ3) is 4.86. The summed E-state index contributed by atoms with van der Waals surface area (Å²) in [6, 6.07) is 25.2. The maximum Gasteiger partial charge on any atom is 0.262 e. The molecule has 128 valence electrons. The van der Waals surface area contributed by atoms with E-state index in [0.717, 1.165) is 5.75 Å². The summed E-state index contributed by atoms with van der Waals surface area (Å²) in [5.74, 6) is 1.62. The maximum atomic E-state index is 12.0. The molecular formula is C21H16N2O3. The number of benzene rings is 3. The van der Waals surface area contributed by atoms with Crippen molar-refractivity contribution in [1.82, 2.24) is 0 Å². The number of nitriles is 1. The van der Waals surface area contributed by atoms with Gasteiger partial charge in [-0.15, -0.1) is 0 Å². The van der Waals surface area contributed by atoms with Crippen LogP contribution in [0.15, 0.2) is 78.9 Å². The van der Waals surface area contributed by atoms with Crippen LogP contribution in [-0.4, -0.2) is 12.5 Å². The first-order valence-electron chi connectivity index (χ1n) is 7.99. The molecule has 0 saturated heterocycles. The van der Waals surface area contributed by atoms with Gasteiger partial charge in [-0.25, -0.2) is 0 Å². The Hall–Kier alpha value is -3.78. The predicted octanol–water partition coefficient (Wildman–Crippen LogP) is 4.37. The van der Waals surface area contributed by atoms with Gasteiger partial charge in [-0.3, -0.25) is 4.79 Å². The van der Waals surface area contributed by atoms with E-state index in [-0.39, 0.29) is 12.5 Å². The molecule has 0 atom stereocenters. The zero-order valence-electron chi connectivity index (χ0n) is 13.9. The van der Waals surface area contributed by atoms with Crippen LogP contribution in [0, 0.1) is 11.3 Å². The lowest BCUT2D eigenvalue weighted by molar-refractivity contribution is -0.118. The first-order chi connectivity index (χ1) is 12.7. The minimum absolute atomic E-state index is 0.142. The van der Waals surface area contributed by atoms with E-state index in [1.165, 1.54) is 0 Å². The molecule has 0 unspecified atom stereocenters. The molecule has 5 heteroatoms. The van der Waals surface area contributed by atoms with Crippen LogP contribution in [0.4, 0.5) is 5.69 Å². The molecule has 0 fully saturated rings. The number of carbonyl (C=O) groups is 1. The average Bonchev–Trinajstić information content (AvgIpc) is 2.69. The van der Waals surface area contributed by atoms with Crippen LogP contribution < -0.4 is 14.8 Å². The van der Waals surface area contributed by atoms with Crippen molar-refractivity contribution in [2.24, 2.45) is 0 Å². The van der Waals surface area contributed by atoms with Gasteiger partial charge in [0.15, 0.2) is 6.61 Å². The van der Waals surface area contributed by atoms with Gasteiger partial charge in [-0.1, -0.05) is 24.3 Å². The Bertz CT molecular complexity index is 916. The third-order valence-electron chi connectivity index (χ3n) is 3.45. The molecule has 0 radical (unpaired) electrons. The molecule has 0 aliphatic carbocycles. The summed E-state index contributed by atoms with van der Waals surface area (Å²) in [5, 5.41) is 11.6. The van der Waals surface area contributed by atoms with Crippen LogP contribution in [0.1, 0.15) is 5.56 Å². The molecular weight excluding hydrogens is 328 g/mol. The Morgan fingerprint density at radius 2 is 1.58 bits per heavy atom. The fourth-order valence-electron chi connectivity index (χ4n) is 2.23. The molecule has 3 rings (SSSR count). The van der Waals surface area contributed by atoms with Gasteiger partial charge >= 0.3 is 0 Å². The van der Waals surface area contributed by atoms with Crippen molar-refractivity contribution in [3.05, 3.63) is 84.4 Å². The normalized spacial score (nSPS) is 9.81. The first kappa shape index (κ1) is 17.1. The summed E-state index contributed by atoms with van der Waals surface area (Å²) in [5.41, 5.74) is 1.13. The Balaban J connectivity index is 1.52. The summed E-state index contributed by atoms with van der Waals surface area (Å²) in [6.07, 6.45) is 0. The highest BCUT2D eigenvalue weighted by Gasteiger charge is 2.05. The van der Waals surface area contributed by atoms with Crippen LogP contribution in [0.25, 0.3) is 0 Å². The van der Waals surface area contributed by atoms with Gasteiger partial charge < -0.3 is 14.8 Å². The summed E-state index contributed by atoms with van der Waals surface area (Å²) in [6.45, 7) is -0.142. The number of nitrogens with one attached hydrogen (secondary N) is 1. The van der Waals surface area contributed by atoms with Crippen LogP contribution in [0.2, 0.25) is 0 Å². The Kier molecular flexibility index (Phi) is 5.48. The molecule has 0 spiro atoms. The smallest absolute Gasteiger partial charge is 0.262 e. The standard InChI is InChI=1S/C21H16N2O3/c22-14-16-5-4-8-20(13-16)25-15-21(24)23-17-9-11-19(12-10-17)26-18-6-2-1-3-7-18/h1-13H,15H2,(H,23,24). The van der Waals surface area contributed by atoms with E-state index in [0.29, 0.717) is 22.7 Å². The van der Waals surface area contributed by atoms with E-state index >= 15 is 0 Å². The van der Waals surface area contributed by atoms with E-state index in [2.05, 4.69) is 5.32 Å². The highest BCUT2D eigenvalue weighted by Crippen LogP contribution is 2.22. The highest BCUT2D eigenvalue weighted by atomic mass is 16.5. The lowest BCUT2D eigenvalue weighted by Crippen LogP contribution is -2.20. The van der Waals surface area contributed by atoms with Crippen molar-refractivity contribution in [2.45, 2.75) is 0 Å². The number of hydrogen-bond donors (Lipinski definition) is 1. The maximum absolute atomic E-state index is 12.0. The molecule has 1 amide bonds. The lowest BCUT2D eigenvalue weighted by atomic mass is 10.2. The number of carbonyl (C=O) groups excluding carboxylic acids is 1. The van der Waals surface area contributed by atoms with E-state index in [1.807, 2.05) is 36.4 Å². The first-order valence-corrected chi connectivity index (χ1v) is 7.99. The highest BCUT2D eigenvalue weighted by molar-refractivity contribution is 5.91. The van der Waals surface area contributed by atoms with E-state index < -0.39 is 0 Å². The zero-order valence-corrected chi connectivity index (χ0v) is 13.9. The summed E-state index contributed by atoms with van der Waals surface area (Å²) in [4.78, 5) is 12.0. The van der Waals surface area contributed by atoms with Crippen molar-refractivity contribution >= 4 is 11.6 Å². The second-order valence-electron chi connectivity index (χ2n) is 5.42. The number of hydrogen-bond acceptors (Lipinski definition) is 4. The predicted molar refractivity (Wildman–Crippen MR) is 98.2 cm³/mol. The minimum Gasteiger partial charge on any atom is -0.484 e. The number of para-hydroxylation sites is 1. The molecule has 0 aromatic heterocycles. The van der Waals surface area contributed by atoms with Crippen molar-refractivity contribution in [3.8, 4) is 23.3 Å². The minimum atomic E-state index is -0.288. The molecule has 0 aliphatic heterocycles. The van der Waals surface area contributed by atoms with Crippen molar-refractivity contribution in [2.75, 3.05) is 11.9 Å². The fraction of sp³-hybridized carbons (Fsp3) is 0.0476. The zero-order chi connectivity index (χ0) is 18.2. The van der Waals surface area contributed by atoms with Crippen LogP contribution in [0.3, 0.4) is 0 Å². The monoisotopic (exact) mass is 344 g/mol. The van der Waals surface area contributed by atoms with Gasteiger partial charge in [0.2, 0.25) is 0 Å². The SMILES string of the molecule is N#Cc1cccc(OCC(=O)Nc2ccc(Oc3ccccc3)cc2)c1. The average molecular weight is 344 g/mol. The Morgan fingerprint density at radius 3 is 2.31 bits per heavy atom. The summed E-state index contributed by atoms with van der Waals surface area (Å²) < 4.78 is 11.1. The molecule has 0 saturated carbocycles. The van der Waals surface area contributed by atoms with Gasteiger partial charge in [0, 0.05) is 5.69 Å². The Morgan fingerprint density at radius 1 is 0.885 bits per heavy atom. The molecule has 26 heavy (non-hydrogen) atoms. The van der Waals surface area contributed by atoms with Crippen molar-refractivity contribution in [3.63, 3.8) is 0 Å². The molecule has 1 N–H and O–H groups in total. The van der Waals surface area contributed by atoms with Crippen molar-refractivity contribution in [1.29, 1.82) is 5.26 Å². The molecule has 3 aromatic rings. The van der Waals surface area contributed by atoms with Crippen molar-refractivity contribution < 1.29 is 14.3 Å². The number of amides is 1. The molecule has 0 aliphatic rings. The van der Waals surface area contributed by atoms with E-state index in [4.69, 9.17) is 14.7 Å². The second kappa shape index (κ2) is 8.36. The van der Waals surface area contributed by atoms with Crippen LogP contribution in [0.5, 0.6) is 17.2 Å². The number of rotatable bonds is 6. The molecule has 5 nitrogen and oxygen atoms in total. The van der Waals surface area contributed by atoms with Gasteiger partial charge in [0.25, 0.3) is 5.91 Å². The quantitative estimate of drug-likeness (QED) is 0.721.